The average molecular weight is 241 g/mol. The van der Waals surface area contributed by atoms with Gasteiger partial charge in [-0.05, 0) is 43.5 Å². The highest BCUT2D eigenvalue weighted by Gasteiger charge is 2.23. The van der Waals surface area contributed by atoms with Gasteiger partial charge in [-0.3, -0.25) is 4.79 Å². The monoisotopic (exact) mass is 241 g/mol. The van der Waals surface area contributed by atoms with Crippen molar-refractivity contribution in [2.45, 2.75) is 25.8 Å². The van der Waals surface area contributed by atoms with E-state index in [0.29, 0.717) is 11.8 Å². The van der Waals surface area contributed by atoms with Gasteiger partial charge < -0.3 is 9.73 Å². The molecule has 0 saturated heterocycles. The van der Waals surface area contributed by atoms with Crippen LogP contribution in [0.5, 0.6) is 0 Å². The summed E-state index contributed by atoms with van der Waals surface area (Å²) < 4.78 is 5.51. The summed E-state index contributed by atoms with van der Waals surface area (Å²) in [6, 6.07) is 10.2. The first-order valence-electron chi connectivity index (χ1n) is 6.19. The third kappa shape index (κ3) is 2.04. The van der Waals surface area contributed by atoms with Crippen LogP contribution in [-0.4, -0.2) is 12.3 Å². The van der Waals surface area contributed by atoms with Crippen molar-refractivity contribution in [2.24, 2.45) is 0 Å². The van der Waals surface area contributed by atoms with Gasteiger partial charge in [-0.25, -0.2) is 0 Å². The maximum Gasteiger partial charge on any atom is 0.185 e. The normalized spacial score (nSPS) is 14.5. The first-order chi connectivity index (χ1) is 8.78. The van der Waals surface area contributed by atoms with Crippen LogP contribution in [0.15, 0.2) is 34.7 Å². The van der Waals surface area contributed by atoms with Gasteiger partial charge in [-0.2, -0.15) is 0 Å². The van der Waals surface area contributed by atoms with E-state index >= 15 is 0 Å². The molecule has 0 bridgehead atoms. The number of nitrogens with one attached hydrogen (secondary N) is 1. The van der Waals surface area contributed by atoms with E-state index in [2.05, 4.69) is 18.3 Å². The molecule has 0 amide bonds. The number of carbonyl (C=O) groups is 1. The Morgan fingerprint density at radius 1 is 1.28 bits per heavy atom. The molecule has 3 heteroatoms. The van der Waals surface area contributed by atoms with Crippen molar-refractivity contribution < 1.29 is 9.21 Å². The van der Waals surface area contributed by atoms with Crippen molar-refractivity contribution in [1.29, 1.82) is 0 Å². The fourth-order valence-electron chi connectivity index (χ4n) is 2.06. The first kappa shape index (κ1) is 11.1. The number of para-hydroxylation sites is 1. The summed E-state index contributed by atoms with van der Waals surface area (Å²) in [6.07, 6.45) is 3.18. The van der Waals surface area contributed by atoms with E-state index in [1.165, 1.54) is 18.4 Å². The van der Waals surface area contributed by atoms with Crippen LogP contribution in [0.3, 0.4) is 0 Å². The molecule has 1 aliphatic carbocycles. The topological polar surface area (TPSA) is 42.2 Å². The highest BCUT2D eigenvalue weighted by atomic mass is 16.3. The van der Waals surface area contributed by atoms with E-state index in [1.54, 1.807) is 6.07 Å². The molecule has 2 aromatic rings. The predicted molar refractivity (Wildman–Crippen MR) is 70.9 cm³/mol. The number of benzene rings is 1. The van der Waals surface area contributed by atoms with Crippen molar-refractivity contribution in [3.8, 4) is 11.3 Å². The Labute approximate surface area is 106 Å². The molecule has 3 rings (SSSR count). The fourth-order valence-corrected chi connectivity index (χ4v) is 2.06. The average Bonchev–Trinajstić information content (AvgIpc) is 3.06. The Balaban J connectivity index is 2.03. The van der Waals surface area contributed by atoms with Crippen molar-refractivity contribution in [3.05, 3.63) is 41.7 Å². The Hall–Kier alpha value is -2.03. The van der Waals surface area contributed by atoms with Gasteiger partial charge in [0, 0.05) is 17.3 Å². The molecule has 0 spiro atoms. The maximum absolute atomic E-state index is 10.7. The molecule has 0 radical (unpaired) electrons. The van der Waals surface area contributed by atoms with Gasteiger partial charge in [0.15, 0.2) is 12.0 Å². The van der Waals surface area contributed by atoms with Gasteiger partial charge in [-0.1, -0.05) is 12.1 Å². The van der Waals surface area contributed by atoms with E-state index in [4.69, 9.17) is 4.42 Å². The summed E-state index contributed by atoms with van der Waals surface area (Å²) >= 11 is 0. The lowest BCUT2D eigenvalue weighted by Gasteiger charge is -2.12. The smallest absolute Gasteiger partial charge is 0.185 e. The molecule has 1 heterocycles. The molecule has 0 atom stereocenters. The third-order valence-corrected chi connectivity index (χ3v) is 3.21. The number of aryl methyl sites for hydroxylation is 1. The van der Waals surface area contributed by atoms with E-state index in [9.17, 15) is 4.79 Å². The molecule has 1 N–H and O–H groups in total. The lowest BCUT2D eigenvalue weighted by Crippen LogP contribution is -2.04. The largest absolute Gasteiger partial charge is 0.453 e. The molecule has 0 aliphatic heterocycles. The Bertz CT molecular complexity index is 582. The maximum atomic E-state index is 10.7. The van der Waals surface area contributed by atoms with Crippen LogP contribution in [0.2, 0.25) is 0 Å². The lowest BCUT2D eigenvalue weighted by atomic mass is 10.1. The van der Waals surface area contributed by atoms with Crippen LogP contribution in [0.4, 0.5) is 5.69 Å². The number of furan rings is 1. The number of carbonyl (C=O) groups excluding carboxylic acids is 1. The van der Waals surface area contributed by atoms with Crippen molar-refractivity contribution >= 4 is 12.0 Å². The van der Waals surface area contributed by atoms with Gasteiger partial charge in [0.25, 0.3) is 0 Å². The summed E-state index contributed by atoms with van der Waals surface area (Å²) in [4.78, 5) is 10.7. The number of hydrogen-bond donors (Lipinski definition) is 1. The SMILES string of the molecule is Cc1cccc(-c2ccc(C=O)o2)c1NC1CC1. The molecule has 1 aromatic heterocycles. The second-order valence-corrected chi connectivity index (χ2v) is 4.74. The van der Waals surface area contributed by atoms with Crippen molar-refractivity contribution in [2.75, 3.05) is 5.32 Å². The third-order valence-electron chi connectivity index (χ3n) is 3.21. The van der Waals surface area contributed by atoms with E-state index in [-0.39, 0.29) is 0 Å². The number of hydrogen-bond acceptors (Lipinski definition) is 3. The number of rotatable bonds is 4. The minimum atomic E-state index is 0.365. The molecule has 1 aliphatic rings. The minimum absolute atomic E-state index is 0.365. The highest BCUT2D eigenvalue weighted by Crippen LogP contribution is 2.35. The first-order valence-corrected chi connectivity index (χ1v) is 6.19. The predicted octanol–water partition coefficient (Wildman–Crippen LogP) is 3.64. The highest BCUT2D eigenvalue weighted by molar-refractivity contribution is 5.80. The van der Waals surface area contributed by atoms with Gasteiger partial charge in [0.2, 0.25) is 0 Å². The molecular weight excluding hydrogens is 226 g/mol. The molecule has 1 saturated carbocycles. The van der Waals surface area contributed by atoms with E-state index in [0.717, 1.165) is 23.3 Å². The van der Waals surface area contributed by atoms with Crippen LogP contribution < -0.4 is 5.32 Å². The summed E-state index contributed by atoms with van der Waals surface area (Å²) in [5.74, 6) is 1.10. The summed E-state index contributed by atoms with van der Waals surface area (Å²) in [5.41, 5.74) is 3.34. The lowest BCUT2D eigenvalue weighted by molar-refractivity contribution is 0.110. The van der Waals surface area contributed by atoms with Crippen LogP contribution in [-0.2, 0) is 0 Å². The van der Waals surface area contributed by atoms with E-state index < -0.39 is 0 Å². The number of aldehydes is 1. The standard InChI is InChI=1S/C15H15NO2/c1-10-3-2-4-13(15(10)16-11-5-6-11)14-8-7-12(9-17)18-14/h2-4,7-9,11,16H,5-6H2,1H3. The fraction of sp³-hybridized carbons (Fsp3) is 0.267. The zero-order valence-electron chi connectivity index (χ0n) is 10.3. The summed E-state index contributed by atoms with van der Waals surface area (Å²) in [5, 5.41) is 3.53. The minimum Gasteiger partial charge on any atom is -0.453 e. The molecule has 3 nitrogen and oxygen atoms in total. The number of anilines is 1. The molecule has 1 aromatic carbocycles. The van der Waals surface area contributed by atoms with Crippen molar-refractivity contribution in [3.63, 3.8) is 0 Å². The summed E-state index contributed by atoms with van der Waals surface area (Å²) in [7, 11) is 0. The van der Waals surface area contributed by atoms with Gasteiger partial charge >= 0.3 is 0 Å². The summed E-state index contributed by atoms with van der Waals surface area (Å²) in [6.45, 7) is 2.08. The zero-order valence-corrected chi connectivity index (χ0v) is 10.3. The van der Waals surface area contributed by atoms with Gasteiger partial charge in [-0.15, -0.1) is 0 Å². The Morgan fingerprint density at radius 3 is 2.78 bits per heavy atom. The van der Waals surface area contributed by atoms with Crippen LogP contribution in [0.25, 0.3) is 11.3 Å². The second-order valence-electron chi connectivity index (χ2n) is 4.74. The van der Waals surface area contributed by atoms with Gasteiger partial charge in [0.05, 0.1) is 0 Å². The molecular formula is C15H15NO2. The van der Waals surface area contributed by atoms with E-state index in [1.807, 2.05) is 18.2 Å². The van der Waals surface area contributed by atoms with Crippen LogP contribution in [0.1, 0.15) is 29.0 Å². The van der Waals surface area contributed by atoms with Crippen LogP contribution >= 0.6 is 0 Å². The molecule has 1 fully saturated rings. The molecule has 18 heavy (non-hydrogen) atoms. The Kier molecular flexibility index (Phi) is 2.67. The Morgan fingerprint density at radius 2 is 2.11 bits per heavy atom. The van der Waals surface area contributed by atoms with Gasteiger partial charge in [0.1, 0.15) is 5.76 Å². The van der Waals surface area contributed by atoms with Crippen LogP contribution in [0, 0.1) is 6.92 Å². The zero-order chi connectivity index (χ0) is 12.5. The molecule has 92 valence electrons. The second kappa shape index (κ2) is 4.33. The molecule has 0 unspecified atom stereocenters. The quantitative estimate of drug-likeness (QED) is 0.831. The van der Waals surface area contributed by atoms with Crippen molar-refractivity contribution in [1.82, 2.24) is 0 Å².